The van der Waals surface area contributed by atoms with Crippen molar-refractivity contribution >= 4 is 34.3 Å². The van der Waals surface area contributed by atoms with Crippen LogP contribution in [0.4, 0.5) is 17.3 Å². The molecule has 5 rings (SSSR count). The Bertz CT molecular complexity index is 1570. The number of amides is 1. The lowest BCUT2D eigenvalue weighted by atomic mass is 10.1. The quantitative estimate of drug-likeness (QED) is 0.375. The van der Waals surface area contributed by atoms with Crippen LogP contribution in [-0.4, -0.2) is 87.5 Å². The Hall–Kier alpha value is -4.22. The molecule has 3 heterocycles. The van der Waals surface area contributed by atoms with Crippen molar-refractivity contribution in [2.24, 2.45) is 0 Å². The number of hydrogen-bond donors (Lipinski definition) is 2. The van der Waals surface area contributed by atoms with Gasteiger partial charge in [0, 0.05) is 75.5 Å². The number of nitrogens with one attached hydrogen (secondary N) is 1. The summed E-state index contributed by atoms with van der Waals surface area (Å²) in [6.07, 6.45) is 1.52. The molecule has 0 unspecified atom stereocenters. The van der Waals surface area contributed by atoms with Crippen molar-refractivity contribution in [1.29, 1.82) is 0 Å². The second-order valence-corrected chi connectivity index (χ2v) is 9.93. The van der Waals surface area contributed by atoms with Crippen LogP contribution < -0.4 is 15.8 Å². The number of fused-ring (bicyclic) bond motifs is 1. The second-order valence-electron chi connectivity index (χ2n) is 9.93. The van der Waals surface area contributed by atoms with E-state index in [4.69, 9.17) is 4.98 Å². The van der Waals surface area contributed by atoms with E-state index in [1.165, 1.54) is 11.1 Å². The summed E-state index contributed by atoms with van der Waals surface area (Å²) in [5.41, 5.74) is 3.97. The molecule has 0 spiro atoms. The molecule has 2 N–H and O–H groups in total. The monoisotopic (exact) mass is 530 g/mol. The lowest BCUT2D eigenvalue weighted by Crippen LogP contribution is -2.44. The maximum Gasteiger partial charge on any atom is 0.278 e. The third-order valence-corrected chi connectivity index (χ3v) is 7.07. The van der Waals surface area contributed by atoms with Gasteiger partial charge in [-0.05, 0) is 50.4 Å². The van der Waals surface area contributed by atoms with E-state index in [0.29, 0.717) is 34.8 Å². The van der Waals surface area contributed by atoms with Gasteiger partial charge in [0.25, 0.3) is 11.5 Å². The minimum Gasteiger partial charge on any atom is -0.392 e. The van der Waals surface area contributed by atoms with Gasteiger partial charge >= 0.3 is 0 Å². The van der Waals surface area contributed by atoms with Crippen molar-refractivity contribution in [3.8, 4) is 5.69 Å². The fraction of sp³-hybridized carbons (Fsp3) is 0.357. The van der Waals surface area contributed by atoms with Crippen molar-refractivity contribution in [2.45, 2.75) is 20.1 Å². The molecule has 39 heavy (non-hydrogen) atoms. The number of carbonyl (C=O) groups is 1. The number of piperazine rings is 1. The minimum atomic E-state index is -0.206. The molecule has 11 nitrogen and oxygen atoms in total. The van der Waals surface area contributed by atoms with E-state index >= 15 is 0 Å². The van der Waals surface area contributed by atoms with E-state index in [9.17, 15) is 14.7 Å². The molecule has 0 atom stereocenters. The van der Waals surface area contributed by atoms with E-state index in [-0.39, 0.29) is 18.1 Å². The summed E-state index contributed by atoms with van der Waals surface area (Å²) in [7, 11) is 5.52. The molecule has 0 radical (unpaired) electrons. The van der Waals surface area contributed by atoms with E-state index < -0.39 is 0 Å². The van der Waals surface area contributed by atoms with E-state index in [2.05, 4.69) is 27.1 Å². The Morgan fingerprint density at radius 3 is 2.56 bits per heavy atom. The highest BCUT2D eigenvalue weighted by molar-refractivity contribution is 5.94. The smallest absolute Gasteiger partial charge is 0.278 e. The van der Waals surface area contributed by atoms with Crippen molar-refractivity contribution < 1.29 is 9.90 Å². The lowest BCUT2D eigenvalue weighted by Gasteiger charge is -2.35. The van der Waals surface area contributed by atoms with Gasteiger partial charge in [-0.3, -0.25) is 9.59 Å². The highest BCUT2D eigenvalue weighted by Crippen LogP contribution is 2.27. The van der Waals surface area contributed by atoms with Gasteiger partial charge in [0.15, 0.2) is 5.65 Å². The molecule has 204 valence electrons. The first-order chi connectivity index (χ1) is 18.8. The number of rotatable bonds is 7. The Morgan fingerprint density at radius 1 is 1.10 bits per heavy atom. The van der Waals surface area contributed by atoms with Gasteiger partial charge in [0.1, 0.15) is 5.39 Å². The fourth-order valence-electron chi connectivity index (χ4n) is 4.94. The molecule has 4 aromatic rings. The van der Waals surface area contributed by atoms with Crippen LogP contribution in [-0.2, 0) is 13.2 Å². The number of nitrogens with zero attached hydrogens (tertiary/aromatic N) is 7. The third-order valence-electron chi connectivity index (χ3n) is 7.07. The normalized spacial score (nSPS) is 14.1. The number of aromatic nitrogens is 4. The Balaban J connectivity index is 1.51. The number of aliphatic hydroxyl groups is 1. The van der Waals surface area contributed by atoms with Gasteiger partial charge in [-0.1, -0.05) is 6.07 Å². The number of benzene rings is 2. The lowest BCUT2D eigenvalue weighted by molar-refractivity contribution is 0.0827. The summed E-state index contributed by atoms with van der Waals surface area (Å²) in [4.78, 5) is 41.0. The first-order valence-electron chi connectivity index (χ1n) is 13.1. The molecule has 1 fully saturated rings. The largest absolute Gasteiger partial charge is 0.392 e. The van der Waals surface area contributed by atoms with E-state index in [0.717, 1.165) is 43.1 Å². The van der Waals surface area contributed by atoms with Gasteiger partial charge in [0.05, 0.1) is 12.3 Å². The summed E-state index contributed by atoms with van der Waals surface area (Å²) in [5, 5.41) is 13.7. The van der Waals surface area contributed by atoms with Gasteiger partial charge in [0.2, 0.25) is 5.95 Å². The topological polar surface area (TPSA) is 112 Å². The van der Waals surface area contributed by atoms with Crippen LogP contribution in [0.2, 0.25) is 0 Å². The Morgan fingerprint density at radius 2 is 1.87 bits per heavy atom. The Kier molecular flexibility index (Phi) is 7.36. The van der Waals surface area contributed by atoms with Crippen LogP contribution >= 0.6 is 0 Å². The first kappa shape index (κ1) is 26.4. The molecular weight excluding hydrogens is 496 g/mol. The van der Waals surface area contributed by atoms with Gasteiger partial charge in [-0.2, -0.15) is 4.98 Å². The molecule has 0 bridgehead atoms. The maximum atomic E-state index is 13.2. The predicted molar refractivity (Wildman–Crippen MR) is 152 cm³/mol. The highest BCUT2D eigenvalue weighted by Gasteiger charge is 2.20. The van der Waals surface area contributed by atoms with Crippen molar-refractivity contribution in [2.75, 3.05) is 57.5 Å². The molecule has 1 saturated heterocycles. The summed E-state index contributed by atoms with van der Waals surface area (Å²) in [6.45, 7) is 5.98. The predicted octanol–water partition coefficient (Wildman–Crippen LogP) is 2.29. The molecule has 2 aromatic heterocycles. The molecule has 2 aromatic carbocycles. The Labute approximate surface area is 226 Å². The molecule has 1 amide bonds. The SMILES string of the molecule is CCn1c(=O)c2cnc(Nc3ccc(N4CCN(C)CC4)c(CO)c3)nc2n1-c1cccc(C(=O)N(C)C)c1. The van der Waals surface area contributed by atoms with E-state index in [1.807, 2.05) is 31.2 Å². The van der Waals surface area contributed by atoms with Crippen LogP contribution in [0, 0.1) is 0 Å². The van der Waals surface area contributed by atoms with Gasteiger partial charge < -0.3 is 25.1 Å². The summed E-state index contributed by atoms with van der Waals surface area (Å²) < 4.78 is 3.31. The standard InChI is InChI=1S/C28H34N8O3/c1-5-35-27(39)23-17-29-28(31-25(23)36(35)22-8-6-7-19(16-22)26(38)32(2)3)30-21-9-10-24(20(15-21)18-37)34-13-11-33(4)12-14-34/h6-10,15-17,37H,5,11-14,18H2,1-4H3,(H,29,30,31). The average molecular weight is 531 g/mol. The molecule has 11 heteroatoms. The number of likely N-dealkylation sites (N-methyl/N-ethyl adjacent to an activating group) is 1. The van der Waals surface area contributed by atoms with Crippen LogP contribution in [0.15, 0.2) is 53.5 Å². The van der Waals surface area contributed by atoms with Crippen LogP contribution in [0.1, 0.15) is 22.8 Å². The summed E-state index contributed by atoms with van der Waals surface area (Å²) in [5.74, 6) is 0.191. The van der Waals surface area contributed by atoms with Gasteiger partial charge in [-0.25, -0.2) is 14.3 Å². The number of carbonyl (C=O) groups excluding carboxylic acids is 1. The average Bonchev–Trinajstić information content (AvgIpc) is 3.23. The minimum absolute atomic E-state index is 0.0853. The second kappa shape index (κ2) is 10.9. The molecular formula is C28H34N8O3. The third kappa shape index (κ3) is 5.10. The van der Waals surface area contributed by atoms with Crippen molar-refractivity contribution in [3.63, 3.8) is 0 Å². The number of hydrogen-bond acceptors (Lipinski definition) is 8. The van der Waals surface area contributed by atoms with Crippen molar-refractivity contribution in [3.05, 3.63) is 70.1 Å². The van der Waals surface area contributed by atoms with E-state index in [1.54, 1.807) is 41.7 Å². The fourth-order valence-corrected chi connectivity index (χ4v) is 4.94. The highest BCUT2D eigenvalue weighted by atomic mass is 16.3. The number of aliphatic hydroxyl groups excluding tert-OH is 1. The zero-order valence-corrected chi connectivity index (χ0v) is 22.8. The maximum absolute atomic E-state index is 13.2. The summed E-state index contributed by atoms with van der Waals surface area (Å²) in [6, 6.07) is 13.0. The molecule has 1 aliphatic heterocycles. The summed E-state index contributed by atoms with van der Waals surface area (Å²) >= 11 is 0. The van der Waals surface area contributed by atoms with Crippen LogP contribution in [0.25, 0.3) is 16.7 Å². The molecule has 0 saturated carbocycles. The molecule has 1 aliphatic rings. The van der Waals surface area contributed by atoms with Crippen LogP contribution in [0.5, 0.6) is 0 Å². The van der Waals surface area contributed by atoms with Gasteiger partial charge in [-0.15, -0.1) is 0 Å². The zero-order valence-electron chi connectivity index (χ0n) is 22.8. The first-order valence-corrected chi connectivity index (χ1v) is 13.1. The van der Waals surface area contributed by atoms with Crippen LogP contribution in [0.3, 0.4) is 0 Å². The van der Waals surface area contributed by atoms with Crippen molar-refractivity contribution in [1.82, 2.24) is 29.1 Å². The molecule has 0 aliphatic carbocycles. The number of anilines is 3. The zero-order chi connectivity index (χ0) is 27.7.